The van der Waals surface area contributed by atoms with Crippen molar-refractivity contribution < 1.29 is 9.47 Å². The maximum atomic E-state index is 5.94. The van der Waals surface area contributed by atoms with Crippen molar-refractivity contribution in [3.8, 4) is 5.75 Å². The molecule has 134 valence electrons. The van der Waals surface area contributed by atoms with Crippen molar-refractivity contribution >= 4 is 33.9 Å². The second-order valence-corrected chi connectivity index (χ2v) is 7.33. The third kappa shape index (κ3) is 3.74. The number of nitrogens with one attached hydrogen (secondary N) is 1. The molecule has 0 radical (unpaired) electrons. The first kappa shape index (κ1) is 17.1. The third-order valence-corrected chi connectivity index (χ3v) is 4.82. The molecular weight excluding hydrogens is 350 g/mol. The molecule has 26 heavy (non-hydrogen) atoms. The van der Waals surface area contributed by atoms with E-state index < -0.39 is 0 Å². The van der Waals surface area contributed by atoms with Crippen LogP contribution in [0.2, 0.25) is 5.15 Å². The quantitative estimate of drug-likeness (QED) is 0.630. The number of pyridine rings is 2. The summed E-state index contributed by atoms with van der Waals surface area (Å²) in [5, 5.41) is 5.84. The van der Waals surface area contributed by atoms with Gasteiger partial charge in [-0.15, -0.1) is 0 Å². The first-order valence-electron chi connectivity index (χ1n) is 8.59. The molecule has 3 aromatic rings. The SMILES string of the molecule is CC1(CCOc2ccc3c(Nc4ccc(Cl)nc4)nccc3c2)COC1. The van der Waals surface area contributed by atoms with E-state index in [9.17, 15) is 0 Å². The van der Waals surface area contributed by atoms with E-state index in [1.165, 1.54) is 0 Å². The van der Waals surface area contributed by atoms with Gasteiger partial charge in [0.1, 0.15) is 16.7 Å². The van der Waals surface area contributed by atoms with Crippen molar-refractivity contribution in [1.82, 2.24) is 9.97 Å². The van der Waals surface area contributed by atoms with E-state index in [1.807, 2.05) is 30.3 Å². The molecule has 0 saturated carbocycles. The van der Waals surface area contributed by atoms with Crippen LogP contribution in [0.4, 0.5) is 11.5 Å². The number of hydrogen-bond donors (Lipinski definition) is 1. The first-order chi connectivity index (χ1) is 12.6. The van der Waals surface area contributed by atoms with Gasteiger partial charge < -0.3 is 14.8 Å². The fourth-order valence-electron chi connectivity index (χ4n) is 2.94. The van der Waals surface area contributed by atoms with Crippen LogP contribution in [0.25, 0.3) is 10.8 Å². The lowest BCUT2D eigenvalue weighted by Crippen LogP contribution is -2.40. The van der Waals surface area contributed by atoms with E-state index in [4.69, 9.17) is 21.1 Å². The van der Waals surface area contributed by atoms with Crippen LogP contribution in [0.3, 0.4) is 0 Å². The summed E-state index contributed by atoms with van der Waals surface area (Å²) in [7, 11) is 0. The fourth-order valence-corrected chi connectivity index (χ4v) is 3.05. The zero-order valence-electron chi connectivity index (χ0n) is 14.5. The number of benzene rings is 1. The van der Waals surface area contributed by atoms with Gasteiger partial charge in [-0.2, -0.15) is 0 Å². The minimum atomic E-state index is 0.268. The molecule has 3 heterocycles. The van der Waals surface area contributed by atoms with Crippen molar-refractivity contribution in [1.29, 1.82) is 0 Å². The van der Waals surface area contributed by atoms with Gasteiger partial charge >= 0.3 is 0 Å². The first-order valence-corrected chi connectivity index (χ1v) is 8.97. The van der Waals surface area contributed by atoms with Gasteiger partial charge in [0.05, 0.1) is 31.7 Å². The smallest absolute Gasteiger partial charge is 0.138 e. The highest BCUT2D eigenvalue weighted by Gasteiger charge is 2.32. The molecule has 1 fully saturated rings. The lowest BCUT2D eigenvalue weighted by atomic mass is 9.85. The van der Waals surface area contributed by atoms with E-state index in [-0.39, 0.29) is 5.41 Å². The van der Waals surface area contributed by atoms with Crippen molar-refractivity contribution in [2.45, 2.75) is 13.3 Å². The highest BCUT2D eigenvalue weighted by molar-refractivity contribution is 6.29. The van der Waals surface area contributed by atoms with Gasteiger partial charge in [-0.25, -0.2) is 9.97 Å². The number of hydrogen-bond acceptors (Lipinski definition) is 5. The number of ether oxygens (including phenoxy) is 2. The van der Waals surface area contributed by atoms with Gasteiger partial charge in [-0.05, 0) is 48.2 Å². The number of halogens is 1. The number of nitrogens with zero attached hydrogens (tertiary/aromatic N) is 2. The van der Waals surface area contributed by atoms with Crippen molar-refractivity contribution in [3.05, 3.63) is 53.9 Å². The lowest BCUT2D eigenvalue weighted by molar-refractivity contribution is -0.109. The zero-order chi connectivity index (χ0) is 18.0. The van der Waals surface area contributed by atoms with Crippen LogP contribution < -0.4 is 10.1 Å². The molecule has 1 saturated heterocycles. The Morgan fingerprint density at radius 3 is 2.81 bits per heavy atom. The lowest BCUT2D eigenvalue weighted by Gasteiger charge is -2.37. The highest BCUT2D eigenvalue weighted by atomic mass is 35.5. The average Bonchev–Trinajstić information content (AvgIpc) is 2.62. The Hall–Kier alpha value is -2.37. The van der Waals surface area contributed by atoms with Gasteiger partial charge in [0.25, 0.3) is 0 Å². The largest absolute Gasteiger partial charge is 0.494 e. The summed E-state index contributed by atoms with van der Waals surface area (Å²) in [5.41, 5.74) is 1.11. The normalized spacial score (nSPS) is 15.5. The number of aromatic nitrogens is 2. The van der Waals surface area contributed by atoms with E-state index in [0.717, 1.165) is 47.7 Å². The molecule has 6 heteroatoms. The summed E-state index contributed by atoms with van der Waals surface area (Å²) >= 11 is 5.83. The second-order valence-electron chi connectivity index (χ2n) is 6.94. The predicted octanol–water partition coefficient (Wildman–Crippen LogP) is 4.83. The number of fused-ring (bicyclic) bond motifs is 1. The Kier molecular flexibility index (Phi) is 4.66. The molecule has 1 N–H and O–H groups in total. The van der Waals surface area contributed by atoms with E-state index in [2.05, 4.69) is 22.2 Å². The van der Waals surface area contributed by atoms with Gasteiger partial charge in [-0.1, -0.05) is 18.5 Å². The Balaban J connectivity index is 1.48. The molecule has 1 aliphatic heterocycles. The monoisotopic (exact) mass is 369 g/mol. The minimum Gasteiger partial charge on any atom is -0.494 e. The Morgan fingerprint density at radius 1 is 1.19 bits per heavy atom. The van der Waals surface area contributed by atoms with Crippen molar-refractivity contribution in [2.75, 3.05) is 25.1 Å². The molecule has 0 atom stereocenters. The van der Waals surface area contributed by atoms with Gasteiger partial charge in [0.2, 0.25) is 0 Å². The molecule has 5 nitrogen and oxygen atoms in total. The van der Waals surface area contributed by atoms with Gasteiger partial charge in [0, 0.05) is 17.0 Å². The summed E-state index contributed by atoms with van der Waals surface area (Å²) in [6.07, 6.45) is 4.47. The maximum absolute atomic E-state index is 5.94. The predicted molar refractivity (Wildman–Crippen MR) is 103 cm³/mol. The van der Waals surface area contributed by atoms with Gasteiger partial charge in [-0.3, -0.25) is 0 Å². The molecule has 0 amide bonds. The van der Waals surface area contributed by atoms with Crippen LogP contribution in [0.1, 0.15) is 13.3 Å². The van der Waals surface area contributed by atoms with Gasteiger partial charge in [0.15, 0.2) is 0 Å². The zero-order valence-corrected chi connectivity index (χ0v) is 15.3. The number of rotatable bonds is 6. The van der Waals surface area contributed by atoms with Crippen LogP contribution in [0.15, 0.2) is 48.8 Å². The topological polar surface area (TPSA) is 56.3 Å². The summed E-state index contributed by atoms with van der Waals surface area (Å²) < 4.78 is 11.2. The molecule has 0 spiro atoms. The number of anilines is 2. The fraction of sp³-hybridized carbons (Fsp3) is 0.300. The van der Waals surface area contributed by atoms with Crippen LogP contribution >= 0.6 is 11.6 Å². The maximum Gasteiger partial charge on any atom is 0.138 e. The molecule has 1 aromatic carbocycles. The molecule has 0 aliphatic carbocycles. The highest BCUT2D eigenvalue weighted by Crippen LogP contribution is 2.31. The molecule has 0 unspecified atom stereocenters. The average molecular weight is 370 g/mol. The third-order valence-electron chi connectivity index (χ3n) is 4.60. The summed E-state index contributed by atoms with van der Waals surface area (Å²) in [6.45, 7) is 4.58. The van der Waals surface area contributed by atoms with E-state index in [0.29, 0.717) is 11.8 Å². The Labute approximate surface area is 157 Å². The minimum absolute atomic E-state index is 0.268. The van der Waals surface area contributed by atoms with Crippen LogP contribution in [-0.4, -0.2) is 29.8 Å². The van der Waals surface area contributed by atoms with E-state index >= 15 is 0 Å². The van der Waals surface area contributed by atoms with Crippen molar-refractivity contribution in [2.24, 2.45) is 5.41 Å². The summed E-state index contributed by atoms with van der Waals surface area (Å²) in [6, 6.07) is 11.6. The molecule has 1 aliphatic rings. The van der Waals surface area contributed by atoms with Crippen LogP contribution in [0, 0.1) is 5.41 Å². The van der Waals surface area contributed by atoms with E-state index in [1.54, 1.807) is 18.5 Å². The standard InChI is InChI=1S/C20H20ClN3O2/c1-20(12-25-13-20)7-9-26-16-3-4-17-14(10-16)6-8-22-19(17)24-15-2-5-18(21)23-11-15/h2-6,8,10-11H,7,9,12-13H2,1H3,(H,22,24). The second kappa shape index (κ2) is 7.09. The van der Waals surface area contributed by atoms with Crippen molar-refractivity contribution in [3.63, 3.8) is 0 Å². The molecule has 0 bridgehead atoms. The summed E-state index contributed by atoms with van der Waals surface area (Å²) in [4.78, 5) is 8.52. The Bertz CT molecular complexity index is 911. The molecule has 4 rings (SSSR count). The molecule has 2 aromatic heterocycles. The molecular formula is C20H20ClN3O2. The van der Waals surface area contributed by atoms with Crippen LogP contribution in [-0.2, 0) is 4.74 Å². The Morgan fingerprint density at radius 2 is 2.08 bits per heavy atom. The van der Waals surface area contributed by atoms with Crippen LogP contribution in [0.5, 0.6) is 5.75 Å². The summed E-state index contributed by atoms with van der Waals surface area (Å²) in [5.74, 6) is 1.64.